The summed E-state index contributed by atoms with van der Waals surface area (Å²) in [6.45, 7) is 4.55. The number of aryl methyl sites for hydroxylation is 2. The van der Waals surface area contributed by atoms with E-state index >= 15 is 0 Å². The normalized spacial score (nSPS) is 12.5. The molecule has 0 saturated heterocycles. The highest BCUT2D eigenvalue weighted by molar-refractivity contribution is 6.97. The third-order valence-corrected chi connectivity index (χ3v) is 10.3. The van der Waals surface area contributed by atoms with E-state index in [1.165, 1.54) is 71.1 Å². The van der Waals surface area contributed by atoms with Crippen molar-refractivity contribution in [2.24, 2.45) is 0 Å². The predicted molar refractivity (Wildman–Crippen MR) is 202 cm³/mol. The van der Waals surface area contributed by atoms with Crippen molar-refractivity contribution in [1.29, 1.82) is 0 Å². The lowest BCUT2D eigenvalue weighted by molar-refractivity contribution is 0.487. The number of para-hydroxylation sites is 4. The summed E-state index contributed by atoms with van der Waals surface area (Å²) in [5.74, 6) is 1.83. The zero-order valence-electron chi connectivity index (χ0n) is 26.8. The molecule has 48 heavy (non-hydrogen) atoms. The Hall–Kier alpha value is -6.00. The van der Waals surface area contributed by atoms with E-state index in [1.807, 2.05) is 0 Å². The Balaban J connectivity index is 1.18. The molecule has 0 saturated carbocycles. The molecule has 0 amide bonds. The van der Waals surface area contributed by atoms with Gasteiger partial charge >= 0.3 is 0 Å². The topological polar surface area (TPSA) is 19.1 Å². The van der Waals surface area contributed by atoms with E-state index in [2.05, 4.69) is 175 Å². The van der Waals surface area contributed by atoms with E-state index in [0.717, 1.165) is 22.9 Å². The highest BCUT2D eigenvalue weighted by Gasteiger charge is 2.34. The molecule has 0 bridgehead atoms. The number of nitrogens with zero attached hydrogens (tertiary/aromatic N) is 2. The molecular formula is C44H31BN2O. The maximum atomic E-state index is 6.70. The molecule has 1 aliphatic rings. The zero-order chi connectivity index (χ0) is 31.9. The van der Waals surface area contributed by atoms with Crippen LogP contribution in [0.1, 0.15) is 11.1 Å². The molecule has 226 valence electrons. The maximum Gasteiger partial charge on any atom is 0.251 e. The lowest BCUT2D eigenvalue weighted by Gasteiger charge is -2.29. The lowest BCUT2D eigenvalue weighted by atomic mass is 9.34. The Bertz CT molecular complexity index is 2680. The molecule has 4 heteroatoms. The van der Waals surface area contributed by atoms with Crippen LogP contribution in [-0.2, 0) is 0 Å². The highest BCUT2D eigenvalue weighted by atomic mass is 16.5. The standard InChI is InChI=1S/C44H31BN2O/c1-28-12-11-13-29(2)44(28)45-36-17-6-10-21-42(36)48-43-27-31(22-24-37(43)45)47-40-20-9-5-16-34(40)35-26-30(23-25-41(35)47)46-38-18-7-3-14-32(38)33-15-4-8-19-39(33)46/h3-27H,1-2H3. The fourth-order valence-electron chi connectivity index (χ4n) is 8.26. The number of hydrogen-bond donors (Lipinski definition) is 0. The molecule has 0 fully saturated rings. The molecule has 9 aromatic rings. The van der Waals surface area contributed by atoms with Gasteiger partial charge in [0.15, 0.2) is 0 Å². The van der Waals surface area contributed by atoms with Gasteiger partial charge in [-0.2, -0.15) is 0 Å². The predicted octanol–water partition coefficient (Wildman–Crippen LogP) is 9.12. The molecule has 3 heterocycles. The van der Waals surface area contributed by atoms with Crippen molar-refractivity contribution in [2.45, 2.75) is 13.8 Å². The van der Waals surface area contributed by atoms with Crippen LogP contribution < -0.4 is 21.1 Å². The third-order valence-electron chi connectivity index (χ3n) is 10.3. The molecule has 0 atom stereocenters. The summed E-state index contributed by atoms with van der Waals surface area (Å²) < 4.78 is 11.5. The number of hydrogen-bond acceptors (Lipinski definition) is 1. The first-order valence-electron chi connectivity index (χ1n) is 16.6. The average Bonchev–Trinajstić information content (AvgIpc) is 3.63. The van der Waals surface area contributed by atoms with Gasteiger partial charge in [0.05, 0.1) is 22.1 Å². The molecule has 0 aliphatic carbocycles. The summed E-state index contributed by atoms with van der Waals surface area (Å²) in [4.78, 5) is 0. The van der Waals surface area contributed by atoms with Gasteiger partial charge in [-0.1, -0.05) is 114 Å². The third kappa shape index (κ3) is 3.83. The first kappa shape index (κ1) is 27.1. The Morgan fingerprint density at radius 3 is 1.58 bits per heavy atom. The van der Waals surface area contributed by atoms with Gasteiger partial charge in [0, 0.05) is 39.0 Å². The quantitative estimate of drug-likeness (QED) is 0.182. The SMILES string of the molecule is Cc1cccc(C)c1B1c2ccccc2Oc2cc(-n3c4ccccc4c4cc(-n5c6ccccc6c6ccccc65)ccc43)ccc21. The second-order valence-corrected chi connectivity index (χ2v) is 13.0. The summed E-state index contributed by atoms with van der Waals surface area (Å²) in [6.07, 6.45) is 0. The van der Waals surface area contributed by atoms with Crippen LogP contribution in [0.5, 0.6) is 11.5 Å². The van der Waals surface area contributed by atoms with Crippen molar-refractivity contribution in [3.05, 3.63) is 163 Å². The zero-order valence-corrected chi connectivity index (χ0v) is 26.8. The Morgan fingerprint density at radius 1 is 0.417 bits per heavy atom. The van der Waals surface area contributed by atoms with Gasteiger partial charge in [0.25, 0.3) is 6.71 Å². The first-order chi connectivity index (χ1) is 23.7. The van der Waals surface area contributed by atoms with E-state index in [-0.39, 0.29) is 6.71 Å². The summed E-state index contributed by atoms with van der Waals surface area (Å²) in [6, 6.07) is 54.9. The highest BCUT2D eigenvalue weighted by Crippen LogP contribution is 2.37. The van der Waals surface area contributed by atoms with Crippen molar-refractivity contribution in [3.8, 4) is 22.9 Å². The fourth-order valence-corrected chi connectivity index (χ4v) is 8.26. The van der Waals surface area contributed by atoms with Crippen LogP contribution >= 0.6 is 0 Å². The number of ether oxygens (including phenoxy) is 1. The van der Waals surface area contributed by atoms with Gasteiger partial charge in [0.2, 0.25) is 0 Å². The van der Waals surface area contributed by atoms with Crippen LogP contribution in [0.4, 0.5) is 0 Å². The molecule has 10 rings (SSSR count). The summed E-state index contributed by atoms with van der Waals surface area (Å²) >= 11 is 0. The van der Waals surface area contributed by atoms with Crippen molar-refractivity contribution in [2.75, 3.05) is 0 Å². The average molecular weight is 615 g/mol. The van der Waals surface area contributed by atoms with E-state index in [0.29, 0.717) is 0 Å². The smallest absolute Gasteiger partial charge is 0.251 e. The second-order valence-electron chi connectivity index (χ2n) is 13.0. The summed E-state index contributed by atoms with van der Waals surface area (Å²) in [5.41, 5.74) is 13.4. The van der Waals surface area contributed by atoms with Crippen molar-refractivity contribution < 1.29 is 4.74 Å². The van der Waals surface area contributed by atoms with Crippen LogP contribution in [0.2, 0.25) is 0 Å². The van der Waals surface area contributed by atoms with Crippen LogP contribution in [0.25, 0.3) is 55.0 Å². The number of fused-ring (bicyclic) bond motifs is 8. The van der Waals surface area contributed by atoms with Gasteiger partial charge in [-0.25, -0.2) is 0 Å². The Labute approximate surface area is 279 Å². The van der Waals surface area contributed by atoms with Crippen LogP contribution in [0, 0.1) is 13.8 Å². The van der Waals surface area contributed by atoms with Gasteiger partial charge in [0.1, 0.15) is 11.5 Å². The van der Waals surface area contributed by atoms with Crippen LogP contribution in [0.3, 0.4) is 0 Å². The monoisotopic (exact) mass is 614 g/mol. The van der Waals surface area contributed by atoms with Gasteiger partial charge < -0.3 is 13.9 Å². The molecule has 3 nitrogen and oxygen atoms in total. The fraction of sp³-hybridized carbons (Fsp3) is 0.0455. The minimum Gasteiger partial charge on any atom is -0.458 e. The van der Waals surface area contributed by atoms with Crippen molar-refractivity contribution in [3.63, 3.8) is 0 Å². The summed E-state index contributed by atoms with van der Waals surface area (Å²) in [7, 11) is 0. The maximum absolute atomic E-state index is 6.70. The largest absolute Gasteiger partial charge is 0.458 e. The number of benzene rings is 7. The van der Waals surface area contributed by atoms with Gasteiger partial charge in [-0.05, 0) is 73.3 Å². The number of rotatable bonds is 3. The van der Waals surface area contributed by atoms with Crippen molar-refractivity contribution in [1.82, 2.24) is 9.13 Å². The molecular weight excluding hydrogens is 583 g/mol. The Kier molecular flexibility index (Phi) is 5.80. The minimum absolute atomic E-state index is 0.104. The van der Waals surface area contributed by atoms with Gasteiger partial charge in [-0.15, -0.1) is 0 Å². The van der Waals surface area contributed by atoms with E-state index < -0.39 is 0 Å². The minimum atomic E-state index is 0.104. The lowest BCUT2D eigenvalue weighted by Crippen LogP contribution is -2.56. The molecule has 0 N–H and O–H groups in total. The van der Waals surface area contributed by atoms with Gasteiger partial charge in [-0.3, -0.25) is 0 Å². The molecule has 1 aliphatic heterocycles. The summed E-state index contributed by atoms with van der Waals surface area (Å²) in [5, 5.41) is 4.99. The second kappa shape index (κ2) is 10.3. The molecule has 0 spiro atoms. The Morgan fingerprint density at radius 2 is 0.917 bits per heavy atom. The van der Waals surface area contributed by atoms with Crippen LogP contribution in [-0.4, -0.2) is 15.8 Å². The van der Waals surface area contributed by atoms with Crippen molar-refractivity contribution >= 4 is 66.7 Å². The molecule has 7 aromatic carbocycles. The first-order valence-corrected chi connectivity index (χ1v) is 16.6. The van der Waals surface area contributed by atoms with E-state index in [4.69, 9.17) is 4.74 Å². The molecule has 0 radical (unpaired) electrons. The van der Waals surface area contributed by atoms with E-state index in [1.54, 1.807) is 0 Å². The molecule has 0 unspecified atom stereocenters. The molecule has 2 aromatic heterocycles. The van der Waals surface area contributed by atoms with Crippen LogP contribution in [0.15, 0.2) is 152 Å². The number of aromatic nitrogens is 2. The van der Waals surface area contributed by atoms with E-state index in [9.17, 15) is 0 Å².